The Morgan fingerprint density at radius 1 is 0.957 bits per heavy atom. The Hall–Kier alpha value is -2.46. The number of hydrogen-bond donors (Lipinski definition) is 1. The third kappa shape index (κ3) is 3.48. The molecule has 0 fully saturated rings. The van der Waals surface area contributed by atoms with Crippen molar-refractivity contribution >= 4 is 12.2 Å². The van der Waals surface area contributed by atoms with Gasteiger partial charge in [-0.1, -0.05) is 60.7 Å². The Bertz CT molecular complexity index is 838. The number of aromatic amines is 1. The van der Waals surface area contributed by atoms with Crippen LogP contribution in [0.4, 0.5) is 0 Å². The molecular weight excluding hydrogens is 304 g/mol. The molecule has 2 aromatic carbocycles. The minimum atomic E-state index is -0.0966. The molecule has 3 nitrogen and oxygen atoms in total. The van der Waals surface area contributed by atoms with Crippen molar-refractivity contribution in [3.05, 3.63) is 98.2 Å². The lowest BCUT2D eigenvalue weighted by Gasteiger charge is -2.14. The van der Waals surface area contributed by atoms with E-state index in [0.717, 1.165) is 22.4 Å². The molecule has 3 rings (SSSR count). The number of benzene rings is 2. The average Bonchev–Trinajstić information content (AvgIpc) is 2.57. The molecule has 0 saturated heterocycles. The zero-order valence-corrected chi connectivity index (χ0v) is 13.8. The molecule has 0 aliphatic rings. The third-order valence-corrected chi connectivity index (χ3v) is 4.31. The molecule has 1 aromatic heterocycles. The molecule has 0 bridgehead atoms. The maximum Gasteiger partial charge on any atom is 0.255 e. The zero-order chi connectivity index (χ0) is 16.2. The van der Waals surface area contributed by atoms with Gasteiger partial charge in [0.15, 0.2) is 4.77 Å². The highest BCUT2D eigenvalue weighted by molar-refractivity contribution is 7.71. The summed E-state index contributed by atoms with van der Waals surface area (Å²) in [6.45, 7) is 2.62. The van der Waals surface area contributed by atoms with Crippen LogP contribution in [-0.4, -0.2) is 9.55 Å². The summed E-state index contributed by atoms with van der Waals surface area (Å²) >= 11 is 5.36. The van der Waals surface area contributed by atoms with Crippen molar-refractivity contribution in [2.24, 2.45) is 0 Å². The van der Waals surface area contributed by atoms with Crippen LogP contribution in [-0.2, 0) is 13.0 Å². The summed E-state index contributed by atoms with van der Waals surface area (Å²) in [5.41, 5.74) is 3.86. The molecule has 23 heavy (non-hydrogen) atoms. The fourth-order valence-electron chi connectivity index (χ4n) is 2.68. The van der Waals surface area contributed by atoms with Crippen LogP contribution in [0.25, 0.3) is 0 Å². The largest absolute Gasteiger partial charge is 0.318 e. The highest BCUT2D eigenvalue weighted by atomic mass is 32.1. The topological polar surface area (TPSA) is 37.8 Å². The van der Waals surface area contributed by atoms with Crippen molar-refractivity contribution in [3.63, 3.8) is 0 Å². The van der Waals surface area contributed by atoms with Crippen LogP contribution in [0.2, 0.25) is 0 Å². The van der Waals surface area contributed by atoms with E-state index in [2.05, 4.69) is 17.1 Å². The quantitative estimate of drug-likeness (QED) is 0.741. The molecule has 1 heterocycles. The van der Waals surface area contributed by atoms with E-state index in [9.17, 15) is 4.79 Å². The summed E-state index contributed by atoms with van der Waals surface area (Å²) in [6, 6.07) is 20.1. The number of hydrogen-bond acceptors (Lipinski definition) is 2. The summed E-state index contributed by atoms with van der Waals surface area (Å²) in [6.07, 6.45) is 0.604. The zero-order valence-electron chi connectivity index (χ0n) is 13.0. The van der Waals surface area contributed by atoms with E-state index in [1.54, 1.807) is 0 Å². The summed E-state index contributed by atoms with van der Waals surface area (Å²) in [5, 5.41) is 0. The van der Waals surface area contributed by atoms with E-state index in [1.807, 2.05) is 60.0 Å². The van der Waals surface area contributed by atoms with Crippen molar-refractivity contribution in [2.75, 3.05) is 0 Å². The van der Waals surface area contributed by atoms with Crippen LogP contribution in [0.15, 0.2) is 65.5 Å². The predicted molar refractivity (Wildman–Crippen MR) is 95.4 cm³/mol. The normalized spacial score (nSPS) is 10.7. The van der Waals surface area contributed by atoms with Crippen molar-refractivity contribution < 1.29 is 0 Å². The molecule has 3 aromatic rings. The molecule has 0 spiro atoms. The van der Waals surface area contributed by atoms with E-state index < -0.39 is 0 Å². The van der Waals surface area contributed by atoms with Gasteiger partial charge in [-0.3, -0.25) is 9.78 Å². The van der Waals surface area contributed by atoms with Gasteiger partial charge in [0.25, 0.3) is 5.56 Å². The molecule has 1 N–H and O–H groups in total. The van der Waals surface area contributed by atoms with E-state index >= 15 is 0 Å². The van der Waals surface area contributed by atoms with Gasteiger partial charge in [-0.2, -0.15) is 0 Å². The lowest BCUT2D eigenvalue weighted by molar-refractivity contribution is 0.703. The smallest absolute Gasteiger partial charge is 0.255 e. The first-order valence-electron chi connectivity index (χ1n) is 7.55. The minimum absolute atomic E-state index is 0.0966. The van der Waals surface area contributed by atoms with Gasteiger partial charge < -0.3 is 4.57 Å². The second-order valence-electron chi connectivity index (χ2n) is 5.56. The fourth-order valence-corrected chi connectivity index (χ4v) is 2.98. The molecule has 4 heteroatoms. The Morgan fingerprint density at radius 3 is 2.13 bits per heavy atom. The monoisotopic (exact) mass is 322 g/mol. The maximum atomic E-state index is 12.3. The molecule has 0 unspecified atom stereocenters. The third-order valence-electron chi connectivity index (χ3n) is 3.99. The van der Waals surface area contributed by atoms with E-state index in [0.29, 0.717) is 17.7 Å². The SMILES string of the molecule is Cc1c(Cc2ccccc2)c(=O)[nH]c(=S)n1Cc1ccccc1. The van der Waals surface area contributed by atoms with Crippen LogP contribution in [0, 0.1) is 11.7 Å². The van der Waals surface area contributed by atoms with Crippen molar-refractivity contribution in [2.45, 2.75) is 19.9 Å². The number of nitrogens with zero attached hydrogens (tertiary/aromatic N) is 1. The lowest BCUT2D eigenvalue weighted by Crippen LogP contribution is -2.22. The van der Waals surface area contributed by atoms with Gasteiger partial charge in [-0.25, -0.2) is 0 Å². The molecule has 0 amide bonds. The summed E-state index contributed by atoms with van der Waals surface area (Å²) in [5.74, 6) is 0. The summed E-state index contributed by atoms with van der Waals surface area (Å²) < 4.78 is 2.46. The first-order valence-corrected chi connectivity index (χ1v) is 7.96. The highest BCUT2D eigenvalue weighted by Gasteiger charge is 2.10. The van der Waals surface area contributed by atoms with Gasteiger partial charge in [-0.05, 0) is 30.3 Å². The Kier molecular flexibility index (Phi) is 4.53. The van der Waals surface area contributed by atoms with Crippen molar-refractivity contribution in [1.29, 1.82) is 0 Å². The summed E-state index contributed by atoms with van der Waals surface area (Å²) in [4.78, 5) is 15.1. The van der Waals surface area contributed by atoms with Crippen molar-refractivity contribution in [3.8, 4) is 0 Å². The molecule has 0 atom stereocenters. The maximum absolute atomic E-state index is 12.3. The fraction of sp³-hybridized carbons (Fsp3) is 0.158. The Balaban J connectivity index is 2.03. The van der Waals surface area contributed by atoms with Crippen LogP contribution >= 0.6 is 12.2 Å². The average molecular weight is 322 g/mol. The van der Waals surface area contributed by atoms with Gasteiger partial charge in [0, 0.05) is 24.2 Å². The van der Waals surface area contributed by atoms with Gasteiger partial charge in [-0.15, -0.1) is 0 Å². The standard InChI is InChI=1S/C19H18N2OS/c1-14-17(12-15-8-4-2-5-9-15)18(22)20-19(23)21(14)13-16-10-6-3-7-11-16/h2-11H,12-13H2,1H3,(H,20,22,23). The van der Waals surface area contributed by atoms with Gasteiger partial charge >= 0.3 is 0 Å². The first kappa shape index (κ1) is 15.4. The molecule has 0 saturated carbocycles. The number of nitrogens with one attached hydrogen (secondary N) is 1. The predicted octanol–water partition coefficient (Wildman–Crippen LogP) is 3.85. The second-order valence-corrected chi connectivity index (χ2v) is 5.94. The van der Waals surface area contributed by atoms with Crippen LogP contribution in [0.5, 0.6) is 0 Å². The second kappa shape index (κ2) is 6.75. The lowest BCUT2D eigenvalue weighted by atomic mass is 10.0. The Labute approximate surface area is 140 Å². The van der Waals surface area contributed by atoms with E-state index in [1.165, 1.54) is 0 Å². The first-order chi connectivity index (χ1) is 11.1. The molecule has 116 valence electrons. The van der Waals surface area contributed by atoms with Crippen molar-refractivity contribution in [1.82, 2.24) is 9.55 Å². The molecule has 0 radical (unpaired) electrons. The van der Waals surface area contributed by atoms with Gasteiger partial charge in [0.05, 0.1) is 0 Å². The molecule has 0 aliphatic carbocycles. The van der Waals surface area contributed by atoms with Crippen LogP contribution in [0.3, 0.4) is 0 Å². The summed E-state index contributed by atoms with van der Waals surface area (Å²) in [7, 11) is 0. The van der Waals surface area contributed by atoms with Gasteiger partial charge in [0.1, 0.15) is 0 Å². The number of H-pyrrole nitrogens is 1. The minimum Gasteiger partial charge on any atom is -0.318 e. The van der Waals surface area contributed by atoms with Crippen LogP contribution < -0.4 is 5.56 Å². The molecule has 0 aliphatic heterocycles. The Morgan fingerprint density at radius 2 is 1.52 bits per heavy atom. The van der Waals surface area contributed by atoms with E-state index in [4.69, 9.17) is 12.2 Å². The van der Waals surface area contributed by atoms with Crippen LogP contribution in [0.1, 0.15) is 22.4 Å². The number of rotatable bonds is 4. The van der Waals surface area contributed by atoms with E-state index in [-0.39, 0.29) is 5.56 Å². The molecular formula is C19H18N2OS. The van der Waals surface area contributed by atoms with Gasteiger partial charge in [0.2, 0.25) is 0 Å². The highest BCUT2D eigenvalue weighted by Crippen LogP contribution is 2.12. The number of aromatic nitrogens is 2.